The van der Waals surface area contributed by atoms with E-state index in [1.165, 1.54) is 0 Å². The van der Waals surface area contributed by atoms with E-state index in [2.05, 4.69) is 9.97 Å². The molecule has 3 aromatic rings. The van der Waals surface area contributed by atoms with Crippen LogP contribution in [0, 0.1) is 11.6 Å². The molecule has 0 spiro atoms. The summed E-state index contributed by atoms with van der Waals surface area (Å²) in [4.78, 5) is 7.09. The summed E-state index contributed by atoms with van der Waals surface area (Å²) in [6, 6.07) is 7.05. The maximum atomic E-state index is 13.1. The molecule has 1 heterocycles. The lowest BCUT2D eigenvalue weighted by Crippen LogP contribution is -1.87. The maximum Gasteiger partial charge on any atom is 0.161 e. The first-order valence-electron chi connectivity index (χ1n) is 5.44. The molecule has 6 heteroatoms. The number of aromatic nitrogens is 2. The molecule has 0 radical (unpaired) electrons. The van der Waals surface area contributed by atoms with Crippen LogP contribution in [-0.4, -0.2) is 9.97 Å². The summed E-state index contributed by atoms with van der Waals surface area (Å²) in [6.07, 6.45) is 0. The van der Waals surface area contributed by atoms with Gasteiger partial charge in [0.05, 0.1) is 11.0 Å². The molecule has 0 aliphatic heterocycles. The molecule has 0 atom stereocenters. The monoisotopic (exact) mass is 279 g/mol. The van der Waals surface area contributed by atoms with Crippen molar-refractivity contribution in [2.75, 3.05) is 5.73 Å². The summed E-state index contributed by atoms with van der Waals surface area (Å²) in [5.41, 5.74) is 7.58. The van der Waals surface area contributed by atoms with E-state index in [0.717, 1.165) is 12.1 Å². The van der Waals surface area contributed by atoms with Crippen LogP contribution in [0.4, 0.5) is 14.5 Å². The van der Waals surface area contributed by atoms with E-state index in [1.807, 2.05) is 0 Å². The van der Waals surface area contributed by atoms with Crippen LogP contribution in [-0.2, 0) is 0 Å². The Balaban J connectivity index is 2.20. The van der Waals surface area contributed by atoms with Gasteiger partial charge in [0.15, 0.2) is 11.6 Å². The number of anilines is 1. The average Bonchev–Trinajstić information content (AvgIpc) is 2.71. The molecular weight excluding hydrogens is 272 g/mol. The number of aromatic amines is 1. The molecule has 19 heavy (non-hydrogen) atoms. The molecule has 0 saturated carbocycles. The van der Waals surface area contributed by atoms with E-state index in [9.17, 15) is 8.78 Å². The molecule has 3 N–H and O–H groups in total. The highest BCUT2D eigenvalue weighted by atomic mass is 35.5. The Kier molecular flexibility index (Phi) is 2.64. The van der Waals surface area contributed by atoms with Crippen LogP contribution < -0.4 is 5.73 Å². The van der Waals surface area contributed by atoms with Gasteiger partial charge in [-0.05, 0) is 18.2 Å². The zero-order chi connectivity index (χ0) is 13.6. The molecule has 0 aliphatic carbocycles. The first-order chi connectivity index (χ1) is 9.02. The molecule has 3 rings (SSSR count). The fourth-order valence-electron chi connectivity index (χ4n) is 1.89. The lowest BCUT2D eigenvalue weighted by Gasteiger charge is -2.00. The van der Waals surface area contributed by atoms with Gasteiger partial charge >= 0.3 is 0 Å². The lowest BCUT2D eigenvalue weighted by molar-refractivity contribution is 0.510. The van der Waals surface area contributed by atoms with Crippen molar-refractivity contribution in [2.45, 2.75) is 0 Å². The molecule has 0 unspecified atom stereocenters. The lowest BCUT2D eigenvalue weighted by atomic mass is 10.2. The SMILES string of the molecule is Nc1cc(Cl)cc(-c2nc3cc(F)c(F)cc3[nH]2)c1. The number of nitrogens with two attached hydrogens (primary N) is 1. The number of benzene rings is 2. The van der Waals surface area contributed by atoms with Gasteiger partial charge in [-0.1, -0.05) is 11.6 Å². The quantitative estimate of drug-likeness (QED) is 0.667. The second-order valence-electron chi connectivity index (χ2n) is 4.14. The summed E-state index contributed by atoms with van der Waals surface area (Å²) in [6.45, 7) is 0. The Morgan fingerprint density at radius 3 is 2.53 bits per heavy atom. The van der Waals surface area contributed by atoms with E-state index in [0.29, 0.717) is 33.1 Å². The number of imidazole rings is 1. The molecule has 0 fully saturated rings. The highest BCUT2D eigenvalue weighted by molar-refractivity contribution is 6.31. The average molecular weight is 280 g/mol. The fourth-order valence-corrected chi connectivity index (χ4v) is 2.13. The minimum atomic E-state index is -0.934. The number of fused-ring (bicyclic) bond motifs is 1. The summed E-state index contributed by atoms with van der Waals surface area (Å²) in [5.74, 6) is -1.40. The predicted molar refractivity (Wildman–Crippen MR) is 70.9 cm³/mol. The van der Waals surface area contributed by atoms with Crippen LogP contribution in [0.1, 0.15) is 0 Å². The number of rotatable bonds is 1. The van der Waals surface area contributed by atoms with Crippen LogP contribution in [0.2, 0.25) is 5.02 Å². The molecule has 0 aliphatic rings. The Labute approximate surface area is 112 Å². The van der Waals surface area contributed by atoms with E-state index in [1.54, 1.807) is 18.2 Å². The number of nitrogens with one attached hydrogen (secondary N) is 1. The fraction of sp³-hybridized carbons (Fsp3) is 0. The van der Waals surface area contributed by atoms with E-state index < -0.39 is 11.6 Å². The zero-order valence-corrected chi connectivity index (χ0v) is 10.3. The third kappa shape index (κ3) is 2.13. The van der Waals surface area contributed by atoms with E-state index in [-0.39, 0.29) is 0 Å². The second kappa shape index (κ2) is 4.20. The van der Waals surface area contributed by atoms with Crippen LogP contribution in [0.5, 0.6) is 0 Å². The van der Waals surface area contributed by atoms with Gasteiger partial charge in [0.1, 0.15) is 5.82 Å². The second-order valence-corrected chi connectivity index (χ2v) is 4.58. The molecular formula is C13H8ClF2N3. The van der Waals surface area contributed by atoms with Crippen LogP contribution in [0.25, 0.3) is 22.4 Å². The number of nitrogens with zero attached hydrogens (tertiary/aromatic N) is 1. The van der Waals surface area contributed by atoms with E-state index in [4.69, 9.17) is 17.3 Å². The zero-order valence-electron chi connectivity index (χ0n) is 9.55. The number of H-pyrrole nitrogens is 1. The predicted octanol–water partition coefficient (Wildman–Crippen LogP) is 3.74. The van der Waals surface area contributed by atoms with Crippen molar-refractivity contribution in [1.82, 2.24) is 9.97 Å². The third-order valence-corrected chi connectivity index (χ3v) is 2.94. The number of hydrogen-bond acceptors (Lipinski definition) is 2. The van der Waals surface area contributed by atoms with Crippen molar-refractivity contribution in [3.8, 4) is 11.4 Å². The van der Waals surface area contributed by atoms with Gasteiger partial charge in [-0.15, -0.1) is 0 Å². The largest absolute Gasteiger partial charge is 0.399 e. The summed E-state index contributed by atoms with van der Waals surface area (Å²) < 4.78 is 26.2. The minimum absolute atomic E-state index is 0.340. The number of nitrogen functional groups attached to an aromatic ring is 1. The number of halogens is 3. The Bertz CT molecular complexity index is 724. The highest BCUT2D eigenvalue weighted by Crippen LogP contribution is 2.26. The van der Waals surface area contributed by atoms with Gasteiger partial charge in [0.25, 0.3) is 0 Å². The van der Waals surface area contributed by atoms with Gasteiger partial charge in [-0.2, -0.15) is 0 Å². The molecule has 1 aromatic heterocycles. The van der Waals surface area contributed by atoms with Gasteiger partial charge < -0.3 is 10.7 Å². The van der Waals surface area contributed by atoms with Gasteiger partial charge in [0.2, 0.25) is 0 Å². The smallest absolute Gasteiger partial charge is 0.161 e. The molecule has 2 aromatic carbocycles. The van der Waals surface area contributed by atoms with Gasteiger partial charge in [0, 0.05) is 28.4 Å². The summed E-state index contributed by atoms with van der Waals surface area (Å²) >= 11 is 5.91. The van der Waals surface area contributed by atoms with Crippen molar-refractivity contribution >= 4 is 28.3 Å². The van der Waals surface area contributed by atoms with Gasteiger partial charge in [-0.25, -0.2) is 13.8 Å². The van der Waals surface area contributed by atoms with Crippen LogP contribution in [0.15, 0.2) is 30.3 Å². The molecule has 3 nitrogen and oxygen atoms in total. The minimum Gasteiger partial charge on any atom is -0.399 e. The maximum absolute atomic E-state index is 13.1. The summed E-state index contributed by atoms with van der Waals surface area (Å²) in [7, 11) is 0. The van der Waals surface area contributed by atoms with Crippen molar-refractivity contribution in [2.24, 2.45) is 0 Å². The standard InChI is InChI=1S/C13H8ClF2N3/c14-7-1-6(2-8(17)3-7)13-18-11-4-9(15)10(16)5-12(11)19-13/h1-5H,17H2,(H,18,19). The van der Waals surface area contributed by atoms with Crippen molar-refractivity contribution < 1.29 is 8.78 Å². The molecule has 0 bridgehead atoms. The van der Waals surface area contributed by atoms with E-state index >= 15 is 0 Å². The van der Waals surface area contributed by atoms with Gasteiger partial charge in [-0.3, -0.25) is 0 Å². The normalized spacial score (nSPS) is 11.1. The first-order valence-corrected chi connectivity index (χ1v) is 5.82. The summed E-state index contributed by atoms with van der Waals surface area (Å²) in [5, 5.41) is 0.466. The molecule has 0 saturated heterocycles. The highest BCUT2D eigenvalue weighted by Gasteiger charge is 2.10. The Hall–Kier alpha value is -2.14. The van der Waals surface area contributed by atoms with Crippen LogP contribution in [0.3, 0.4) is 0 Å². The van der Waals surface area contributed by atoms with Crippen molar-refractivity contribution in [1.29, 1.82) is 0 Å². The Morgan fingerprint density at radius 1 is 1.05 bits per heavy atom. The first kappa shape index (κ1) is 11.9. The third-order valence-electron chi connectivity index (χ3n) is 2.72. The van der Waals surface area contributed by atoms with Crippen molar-refractivity contribution in [3.05, 3.63) is 47.0 Å². The topological polar surface area (TPSA) is 54.7 Å². The van der Waals surface area contributed by atoms with Crippen molar-refractivity contribution in [3.63, 3.8) is 0 Å². The molecule has 0 amide bonds. The molecule has 96 valence electrons. The number of hydrogen-bond donors (Lipinski definition) is 2. The Morgan fingerprint density at radius 2 is 1.79 bits per heavy atom. The van der Waals surface area contributed by atoms with Crippen LogP contribution >= 0.6 is 11.6 Å².